The SMILES string of the molecule is CCO/C(=N\OC)c1cccc(Cl)c1. The van der Waals surface area contributed by atoms with E-state index >= 15 is 0 Å². The Morgan fingerprint density at radius 2 is 2.29 bits per heavy atom. The van der Waals surface area contributed by atoms with Gasteiger partial charge in [0.1, 0.15) is 7.11 Å². The molecule has 0 unspecified atom stereocenters. The Morgan fingerprint density at radius 1 is 1.50 bits per heavy atom. The molecule has 0 spiro atoms. The third-order valence-electron chi connectivity index (χ3n) is 1.53. The maximum atomic E-state index is 5.84. The lowest BCUT2D eigenvalue weighted by molar-refractivity contribution is 0.194. The molecule has 1 aromatic rings. The molecule has 0 amide bonds. The van der Waals surface area contributed by atoms with Crippen LogP contribution in [-0.2, 0) is 9.57 Å². The average molecular weight is 214 g/mol. The molecule has 0 aliphatic rings. The molecule has 76 valence electrons. The van der Waals surface area contributed by atoms with Crippen LogP contribution in [0.25, 0.3) is 0 Å². The molecular formula is C10H12ClNO2. The molecular weight excluding hydrogens is 202 g/mol. The highest BCUT2D eigenvalue weighted by molar-refractivity contribution is 6.30. The first-order valence-corrected chi connectivity index (χ1v) is 4.65. The number of ether oxygens (including phenoxy) is 1. The molecule has 0 radical (unpaired) electrons. The number of benzene rings is 1. The highest BCUT2D eigenvalue weighted by Gasteiger charge is 2.04. The van der Waals surface area contributed by atoms with Gasteiger partial charge in [-0.25, -0.2) is 0 Å². The van der Waals surface area contributed by atoms with Crippen molar-refractivity contribution < 1.29 is 9.57 Å². The average Bonchev–Trinajstić information content (AvgIpc) is 2.17. The van der Waals surface area contributed by atoms with Crippen molar-refractivity contribution in [2.24, 2.45) is 5.16 Å². The molecule has 3 nitrogen and oxygen atoms in total. The first kappa shape index (κ1) is 10.9. The first-order valence-electron chi connectivity index (χ1n) is 4.27. The monoisotopic (exact) mass is 213 g/mol. The number of hydrogen-bond donors (Lipinski definition) is 0. The van der Waals surface area contributed by atoms with Crippen molar-refractivity contribution in [1.82, 2.24) is 0 Å². The van der Waals surface area contributed by atoms with E-state index in [1.807, 2.05) is 19.1 Å². The lowest BCUT2D eigenvalue weighted by Gasteiger charge is -2.06. The number of halogens is 1. The molecule has 0 N–H and O–H groups in total. The summed E-state index contributed by atoms with van der Waals surface area (Å²) < 4.78 is 5.29. The molecule has 0 fully saturated rings. The van der Waals surface area contributed by atoms with Crippen molar-refractivity contribution in [3.8, 4) is 0 Å². The van der Waals surface area contributed by atoms with Gasteiger partial charge in [0.2, 0.25) is 0 Å². The summed E-state index contributed by atoms with van der Waals surface area (Å²) in [5.74, 6) is 0.442. The van der Waals surface area contributed by atoms with Gasteiger partial charge in [-0.1, -0.05) is 17.7 Å². The summed E-state index contributed by atoms with van der Waals surface area (Å²) in [7, 11) is 1.48. The lowest BCUT2D eigenvalue weighted by atomic mass is 10.2. The Balaban J connectivity index is 2.93. The maximum Gasteiger partial charge on any atom is 0.257 e. The highest BCUT2D eigenvalue weighted by atomic mass is 35.5. The minimum atomic E-state index is 0.442. The molecule has 1 rings (SSSR count). The van der Waals surface area contributed by atoms with E-state index in [-0.39, 0.29) is 0 Å². The van der Waals surface area contributed by atoms with Gasteiger partial charge in [-0.15, -0.1) is 0 Å². The van der Waals surface area contributed by atoms with Crippen molar-refractivity contribution in [3.05, 3.63) is 34.9 Å². The van der Waals surface area contributed by atoms with Crippen LogP contribution >= 0.6 is 11.6 Å². The zero-order valence-corrected chi connectivity index (χ0v) is 8.91. The van der Waals surface area contributed by atoms with Crippen molar-refractivity contribution in [3.63, 3.8) is 0 Å². The predicted octanol–water partition coefficient (Wildman–Crippen LogP) is 2.68. The molecule has 0 aliphatic heterocycles. The predicted molar refractivity (Wildman–Crippen MR) is 56.6 cm³/mol. The lowest BCUT2D eigenvalue weighted by Crippen LogP contribution is -2.06. The van der Waals surface area contributed by atoms with Gasteiger partial charge >= 0.3 is 0 Å². The van der Waals surface area contributed by atoms with Gasteiger partial charge in [0.15, 0.2) is 0 Å². The Morgan fingerprint density at radius 3 is 2.86 bits per heavy atom. The molecule has 0 bridgehead atoms. The van der Waals surface area contributed by atoms with E-state index in [9.17, 15) is 0 Å². The van der Waals surface area contributed by atoms with Crippen molar-refractivity contribution >= 4 is 17.5 Å². The summed E-state index contributed by atoms with van der Waals surface area (Å²) in [6, 6.07) is 7.26. The number of hydrogen-bond acceptors (Lipinski definition) is 3. The van der Waals surface area contributed by atoms with Crippen LogP contribution in [0.2, 0.25) is 5.02 Å². The van der Waals surface area contributed by atoms with Crippen LogP contribution in [0.4, 0.5) is 0 Å². The summed E-state index contributed by atoms with van der Waals surface area (Å²) in [4.78, 5) is 4.67. The van der Waals surface area contributed by atoms with Crippen molar-refractivity contribution in [1.29, 1.82) is 0 Å². The van der Waals surface area contributed by atoms with Gasteiger partial charge in [0, 0.05) is 10.6 Å². The van der Waals surface area contributed by atoms with E-state index in [1.54, 1.807) is 12.1 Å². The number of nitrogens with zero attached hydrogens (tertiary/aromatic N) is 1. The van der Waals surface area contributed by atoms with Crippen LogP contribution in [0.1, 0.15) is 12.5 Å². The van der Waals surface area contributed by atoms with Crippen LogP contribution in [0.15, 0.2) is 29.4 Å². The second-order valence-electron chi connectivity index (χ2n) is 2.52. The first-order chi connectivity index (χ1) is 6.77. The fourth-order valence-corrected chi connectivity index (χ4v) is 1.19. The largest absolute Gasteiger partial charge is 0.475 e. The van der Waals surface area contributed by atoms with E-state index in [0.717, 1.165) is 5.56 Å². The van der Waals surface area contributed by atoms with Crippen LogP contribution in [0.3, 0.4) is 0 Å². The second-order valence-corrected chi connectivity index (χ2v) is 2.96. The van der Waals surface area contributed by atoms with E-state index in [2.05, 4.69) is 9.99 Å². The fraction of sp³-hybridized carbons (Fsp3) is 0.300. The minimum absolute atomic E-state index is 0.442. The van der Waals surface area contributed by atoms with Crippen molar-refractivity contribution in [2.75, 3.05) is 13.7 Å². The number of rotatable bonds is 3. The molecule has 0 aliphatic carbocycles. The number of oxime groups is 1. The van der Waals surface area contributed by atoms with Crippen LogP contribution in [-0.4, -0.2) is 19.6 Å². The third-order valence-corrected chi connectivity index (χ3v) is 1.76. The van der Waals surface area contributed by atoms with Gasteiger partial charge in [0.25, 0.3) is 5.90 Å². The molecule has 0 saturated heterocycles. The summed E-state index contributed by atoms with van der Waals surface area (Å²) in [5.41, 5.74) is 0.807. The smallest absolute Gasteiger partial charge is 0.257 e. The van der Waals surface area contributed by atoms with E-state index < -0.39 is 0 Å². The van der Waals surface area contributed by atoms with Gasteiger partial charge in [-0.3, -0.25) is 0 Å². The summed E-state index contributed by atoms with van der Waals surface area (Å²) in [5, 5.41) is 4.41. The quantitative estimate of drug-likeness (QED) is 0.439. The topological polar surface area (TPSA) is 30.8 Å². The van der Waals surface area contributed by atoms with Gasteiger partial charge in [0.05, 0.1) is 6.61 Å². The Hall–Kier alpha value is -1.22. The Labute approximate surface area is 88.3 Å². The van der Waals surface area contributed by atoms with Crippen LogP contribution in [0.5, 0.6) is 0 Å². The molecule has 0 aromatic heterocycles. The van der Waals surface area contributed by atoms with E-state index in [0.29, 0.717) is 17.5 Å². The molecule has 0 heterocycles. The summed E-state index contributed by atoms with van der Waals surface area (Å²) >= 11 is 5.84. The van der Waals surface area contributed by atoms with Crippen molar-refractivity contribution in [2.45, 2.75) is 6.92 Å². The fourth-order valence-electron chi connectivity index (χ4n) is 1.00. The zero-order chi connectivity index (χ0) is 10.4. The van der Waals surface area contributed by atoms with Gasteiger partial charge in [-0.2, -0.15) is 0 Å². The molecule has 4 heteroatoms. The summed E-state index contributed by atoms with van der Waals surface area (Å²) in [6.07, 6.45) is 0. The molecule has 14 heavy (non-hydrogen) atoms. The Bertz CT molecular complexity index is 326. The maximum absolute atomic E-state index is 5.84. The van der Waals surface area contributed by atoms with Crippen LogP contribution < -0.4 is 0 Å². The van der Waals surface area contributed by atoms with E-state index in [1.165, 1.54) is 7.11 Å². The zero-order valence-electron chi connectivity index (χ0n) is 8.16. The summed E-state index contributed by atoms with van der Waals surface area (Å²) in [6.45, 7) is 2.42. The Kier molecular flexibility index (Phi) is 4.26. The third kappa shape index (κ3) is 2.92. The van der Waals surface area contributed by atoms with Gasteiger partial charge < -0.3 is 9.57 Å². The molecule has 0 saturated carbocycles. The molecule has 0 atom stereocenters. The highest BCUT2D eigenvalue weighted by Crippen LogP contribution is 2.12. The van der Waals surface area contributed by atoms with E-state index in [4.69, 9.17) is 16.3 Å². The second kappa shape index (κ2) is 5.50. The van der Waals surface area contributed by atoms with Crippen LogP contribution in [0, 0.1) is 0 Å². The normalized spacial score (nSPS) is 11.2. The standard InChI is InChI=1S/C10H12ClNO2/c1-3-14-10(12-13-2)8-5-4-6-9(11)7-8/h4-7H,3H2,1-2H3/b12-10-. The van der Waals surface area contributed by atoms with Gasteiger partial charge in [-0.05, 0) is 30.3 Å². The minimum Gasteiger partial charge on any atom is -0.475 e. The molecule has 1 aromatic carbocycles.